The number of ether oxygens (including phenoxy) is 1. The zero-order chi connectivity index (χ0) is 14.3. The molecule has 0 unspecified atom stereocenters. The average molecular weight is 287 g/mol. The highest BCUT2D eigenvalue weighted by Crippen LogP contribution is 2.18. The normalized spacial score (nSPS) is 11.2. The summed E-state index contributed by atoms with van der Waals surface area (Å²) in [5.74, 6) is 0.645. The summed E-state index contributed by atoms with van der Waals surface area (Å²) >= 11 is 1.19. The van der Waals surface area contributed by atoms with Crippen molar-refractivity contribution in [2.45, 2.75) is 38.4 Å². The van der Waals surface area contributed by atoms with E-state index in [1.54, 1.807) is 7.11 Å². The van der Waals surface area contributed by atoms with Gasteiger partial charge < -0.3 is 14.4 Å². The SMILES string of the molecule is COCCn1c(CCC(C)C)nnc1SCC(=O)O. The molecule has 0 aromatic carbocycles. The largest absolute Gasteiger partial charge is 0.481 e. The Kier molecular flexibility index (Phi) is 6.86. The molecule has 0 saturated heterocycles. The lowest BCUT2D eigenvalue weighted by Crippen LogP contribution is -2.11. The van der Waals surface area contributed by atoms with Crippen LogP contribution in [0.5, 0.6) is 0 Å². The third kappa shape index (κ3) is 5.61. The van der Waals surface area contributed by atoms with Gasteiger partial charge in [0, 0.05) is 20.1 Å². The summed E-state index contributed by atoms with van der Waals surface area (Å²) in [5, 5.41) is 17.6. The lowest BCUT2D eigenvalue weighted by Gasteiger charge is -2.09. The summed E-state index contributed by atoms with van der Waals surface area (Å²) in [6.07, 6.45) is 1.89. The Hall–Kier alpha value is -1.08. The molecule has 1 heterocycles. The molecule has 7 heteroatoms. The highest BCUT2D eigenvalue weighted by atomic mass is 32.2. The molecule has 0 fully saturated rings. The van der Waals surface area contributed by atoms with Gasteiger partial charge in [0.05, 0.1) is 12.4 Å². The Labute approximate surface area is 117 Å². The summed E-state index contributed by atoms with van der Waals surface area (Å²) < 4.78 is 7.03. The minimum Gasteiger partial charge on any atom is -0.481 e. The standard InChI is InChI=1S/C12H21N3O3S/c1-9(2)4-5-10-13-14-12(19-8-11(16)17)15(10)6-7-18-3/h9H,4-8H2,1-3H3,(H,16,17). The number of nitrogens with zero attached hydrogens (tertiary/aromatic N) is 3. The number of carbonyl (C=O) groups is 1. The second-order valence-electron chi connectivity index (χ2n) is 4.66. The van der Waals surface area contributed by atoms with Crippen molar-refractivity contribution in [2.24, 2.45) is 5.92 Å². The predicted octanol–water partition coefficient (Wildman–Crippen LogP) is 1.69. The molecule has 0 radical (unpaired) electrons. The molecular weight excluding hydrogens is 266 g/mol. The van der Waals surface area contributed by atoms with E-state index in [4.69, 9.17) is 9.84 Å². The fraction of sp³-hybridized carbons (Fsp3) is 0.750. The van der Waals surface area contributed by atoms with Gasteiger partial charge in [-0.25, -0.2) is 0 Å². The molecule has 0 aliphatic carbocycles. The van der Waals surface area contributed by atoms with Gasteiger partial charge in [-0.3, -0.25) is 4.79 Å². The van der Waals surface area contributed by atoms with E-state index in [9.17, 15) is 4.79 Å². The maximum atomic E-state index is 10.6. The summed E-state index contributed by atoms with van der Waals surface area (Å²) in [7, 11) is 1.64. The highest BCUT2D eigenvalue weighted by Gasteiger charge is 2.14. The number of carboxylic acid groups (broad SMARTS) is 1. The third-order valence-corrected chi connectivity index (χ3v) is 3.53. The van der Waals surface area contributed by atoms with E-state index in [1.807, 2.05) is 4.57 Å². The van der Waals surface area contributed by atoms with Crippen LogP contribution in [0.1, 0.15) is 26.1 Å². The fourth-order valence-corrected chi connectivity index (χ4v) is 2.27. The van der Waals surface area contributed by atoms with Crippen LogP contribution < -0.4 is 0 Å². The molecule has 1 aromatic heterocycles. The molecule has 6 nitrogen and oxygen atoms in total. The third-order valence-electron chi connectivity index (χ3n) is 2.58. The van der Waals surface area contributed by atoms with Crippen molar-refractivity contribution in [3.05, 3.63) is 5.82 Å². The van der Waals surface area contributed by atoms with Crippen molar-refractivity contribution in [3.63, 3.8) is 0 Å². The van der Waals surface area contributed by atoms with E-state index in [-0.39, 0.29) is 5.75 Å². The van der Waals surface area contributed by atoms with Crippen LogP contribution in [-0.2, 0) is 22.5 Å². The van der Waals surface area contributed by atoms with Crippen molar-refractivity contribution >= 4 is 17.7 Å². The molecule has 0 saturated carbocycles. The number of rotatable bonds is 9. The maximum Gasteiger partial charge on any atom is 0.313 e. The summed E-state index contributed by atoms with van der Waals surface area (Å²) in [5.41, 5.74) is 0. The minimum absolute atomic E-state index is 0.00467. The number of hydrogen-bond donors (Lipinski definition) is 1. The summed E-state index contributed by atoms with van der Waals surface area (Å²) in [6.45, 7) is 5.54. The molecule has 1 N–H and O–H groups in total. The van der Waals surface area contributed by atoms with E-state index in [0.29, 0.717) is 24.2 Å². The zero-order valence-corrected chi connectivity index (χ0v) is 12.4. The Morgan fingerprint density at radius 3 is 2.79 bits per heavy atom. The molecule has 19 heavy (non-hydrogen) atoms. The van der Waals surface area contributed by atoms with Crippen LogP contribution in [0.2, 0.25) is 0 Å². The first-order chi connectivity index (χ1) is 9.04. The van der Waals surface area contributed by atoms with Gasteiger partial charge in [-0.05, 0) is 12.3 Å². The van der Waals surface area contributed by atoms with Crippen LogP contribution in [0.4, 0.5) is 0 Å². The maximum absolute atomic E-state index is 10.6. The first-order valence-electron chi connectivity index (χ1n) is 6.30. The number of methoxy groups -OCH3 is 1. The summed E-state index contributed by atoms with van der Waals surface area (Å²) in [6, 6.07) is 0. The van der Waals surface area contributed by atoms with Gasteiger partial charge in [0.2, 0.25) is 0 Å². The smallest absolute Gasteiger partial charge is 0.313 e. The Morgan fingerprint density at radius 1 is 1.47 bits per heavy atom. The topological polar surface area (TPSA) is 77.2 Å². The van der Waals surface area contributed by atoms with Gasteiger partial charge in [-0.2, -0.15) is 0 Å². The Bertz CT molecular complexity index is 407. The number of thioether (sulfide) groups is 1. The van der Waals surface area contributed by atoms with Gasteiger partial charge in [0.15, 0.2) is 5.16 Å². The fourth-order valence-electron chi connectivity index (χ4n) is 1.56. The minimum atomic E-state index is -0.852. The molecule has 0 aliphatic heterocycles. The zero-order valence-electron chi connectivity index (χ0n) is 11.6. The second-order valence-corrected chi connectivity index (χ2v) is 5.60. The summed E-state index contributed by atoms with van der Waals surface area (Å²) in [4.78, 5) is 10.6. The average Bonchev–Trinajstić information content (AvgIpc) is 2.73. The number of carboxylic acids is 1. The van der Waals surface area contributed by atoms with E-state index < -0.39 is 5.97 Å². The van der Waals surface area contributed by atoms with Crippen LogP contribution >= 0.6 is 11.8 Å². The van der Waals surface area contributed by atoms with Crippen molar-refractivity contribution in [2.75, 3.05) is 19.5 Å². The van der Waals surface area contributed by atoms with Crippen LogP contribution in [-0.4, -0.2) is 45.3 Å². The van der Waals surface area contributed by atoms with Crippen LogP contribution in [0.15, 0.2) is 5.16 Å². The lowest BCUT2D eigenvalue weighted by atomic mass is 10.1. The Balaban J connectivity index is 2.75. The molecule has 0 amide bonds. The van der Waals surface area contributed by atoms with E-state index in [2.05, 4.69) is 24.0 Å². The molecular formula is C12H21N3O3S. The molecule has 1 rings (SSSR count). The van der Waals surface area contributed by atoms with Gasteiger partial charge in [0.25, 0.3) is 0 Å². The highest BCUT2D eigenvalue weighted by molar-refractivity contribution is 7.99. The van der Waals surface area contributed by atoms with Crippen LogP contribution in [0.3, 0.4) is 0 Å². The second kappa shape index (κ2) is 8.16. The van der Waals surface area contributed by atoms with E-state index in [0.717, 1.165) is 18.7 Å². The Morgan fingerprint density at radius 2 is 2.21 bits per heavy atom. The molecule has 0 atom stereocenters. The van der Waals surface area contributed by atoms with Gasteiger partial charge in [-0.1, -0.05) is 25.6 Å². The van der Waals surface area contributed by atoms with Crippen molar-refractivity contribution in [3.8, 4) is 0 Å². The van der Waals surface area contributed by atoms with Crippen molar-refractivity contribution < 1.29 is 14.6 Å². The first-order valence-corrected chi connectivity index (χ1v) is 7.28. The van der Waals surface area contributed by atoms with E-state index in [1.165, 1.54) is 11.8 Å². The van der Waals surface area contributed by atoms with Gasteiger partial charge in [-0.15, -0.1) is 10.2 Å². The molecule has 0 spiro atoms. The number of hydrogen-bond acceptors (Lipinski definition) is 5. The number of aliphatic carboxylic acids is 1. The number of aryl methyl sites for hydroxylation is 1. The quantitative estimate of drug-likeness (QED) is 0.696. The first kappa shape index (κ1) is 16.0. The van der Waals surface area contributed by atoms with Crippen molar-refractivity contribution in [1.29, 1.82) is 0 Å². The van der Waals surface area contributed by atoms with Crippen LogP contribution in [0, 0.1) is 5.92 Å². The molecule has 1 aromatic rings. The molecule has 0 aliphatic rings. The molecule has 108 valence electrons. The predicted molar refractivity (Wildman–Crippen MR) is 73.4 cm³/mol. The molecule has 0 bridgehead atoms. The lowest BCUT2D eigenvalue weighted by molar-refractivity contribution is -0.133. The van der Waals surface area contributed by atoms with Crippen molar-refractivity contribution in [1.82, 2.24) is 14.8 Å². The van der Waals surface area contributed by atoms with Gasteiger partial charge >= 0.3 is 5.97 Å². The van der Waals surface area contributed by atoms with E-state index >= 15 is 0 Å². The monoisotopic (exact) mass is 287 g/mol. The number of aromatic nitrogens is 3. The van der Waals surface area contributed by atoms with Gasteiger partial charge in [0.1, 0.15) is 5.82 Å². The van der Waals surface area contributed by atoms with Crippen LogP contribution in [0.25, 0.3) is 0 Å².